The van der Waals surface area contributed by atoms with Crippen molar-refractivity contribution in [2.45, 2.75) is 20.1 Å². The predicted octanol–water partition coefficient (Wildman–Crippen LogP) is 6.33. The van der Waals surface area contributed by atoms with Gasteiger partial charge in [-0.1, -0.05) is 23.2 Å². The van der Waals surface area contributed by atoms with Crippen molar-refractivity contribution in [3.05, 3.63) is 75.7 Å². The molecule has 0 radical (unpaired) electrons. The molecule has 29 heavy (non-hydrogen) atoms. The fraction of sp³-hybridized carbons (Fsp3) is 0.150. The van der Waals surface area contributed by atoms with Crippen LogP contribution >= 0.6 is 23.2 Å². The molecule has 5 nitrogen and oxygen atoms in total. The third-order valence-corrected chi connectivity index (χ3v) is 4.35. The number of furan rings is 1. The number of carbonyl (C=O) groups is 1. The number of benzene rings is 2. The standard InChI is InChI=1S/C20H15Cl2F2NO4/c1-11-8-13(29-20(23)24)3-5-16(11)25-19(26)18-7-4-14(28-18)10-27-17-6-2-12(21)9-15(17)22/h2-9,20H,10H2,1H3,(H,25,26). The summed E-state index contributed by atoms with van der Waals surface area (Å²) < 4.78 is 39.9. The Hall–Kier alpha value is -2.77. The minimum Gasteiger partial charge on any atom is -0.484 e. The summed E-state index contributed by atoms with van der Waals surface area (Å²) in [5.41, 5.74) is 1.00. The number of alkyl halides is 2. The monoisotopic (exact) mass is 441 g/mol. The van der Waals surface area contributed by atoms with E-state index in [0.717, 1.165) is 0 Å². The molecule has 0 aliphatic carbocycles. The molecule has 152 valence electrons. The molecule has 3 aromatic rings. The second-order valence-corrected chi connectivity index (χ2v) is 6.78. The van der Waals surface area contributed by atoms with Crippen molar-refractivity contribution in [3.63, 3.8) is 0 Å². The lowest BCUT2D eigenvalue weighted by atomic mass is 10.2. The smallest absolute Gasteiger partial charge is 0.387 e. The third kappa shape index (κ3) is 5.62. The van der Waals surface area contributed by atoms with E-state index in [0.29, 0.717) is 32.8 Å². The van der Waals surface area contributed by atoms with E-state index in [9.17, 15) is 13.6 Å². The molecule has 1 aromatic heterocycles. The average Bonchev–Trinajstić information content (AvgIpc) is 3.12. The van der Waals surface area contributed by atoms with E-state index >= 15 is 0 Å². The fourth-order valence-corrected chi connectivity index (χ4v) is 2.92. The van der Waals surface area contributed by atoms with E-state index in [4.69, 9.17) is 32.4 Å². The molecular weight excluding hydrogens is 427 g/mol. The lowest BCUT2D eigenvalue weighted by Crippen LogP contribution is -2.12. The molecule has 1 amide bonds. The lowest BCUT2D eigenvalue weighted by Gasteiger charge is -2.10. The van der Waals surface area contributed by atoms with Gasteiger partial charge < -0.3 is 19.2 Å². The number of hydrogen-bond acceptors (Lipinski definition) is 4. The third-order valence-electron chi connectivity index (χ3n) is 3.82. The first-order valence-electron chi connectivity index (χ1n) is 8.35. The highest BCUT2D eigenvalue weighted by Gasteiger charge is 2.14. The molecule has 0 unspecified atom stereocenters. The van der Waals surface area contributed by atoms with Gasteiger partial charge in [0.15, 0.2) is 5.76 Å². The number of hydrogen-bond donors (Lipinski definition) is 1. The van der Waals surface area contributed by atoms with E-state index in [1.807, 2.05) is 0 Å². The highest BCUT2D eigenvalue weighted by Crippen LogP contribution is 2.28. The van der Waals surface area contributed by atoms with E-state index in [1.54, 1.807) is 31.2 Å². The minimum absolute atomic E-state index is 0.00814. The molecule has 1 N–H and O–H groups in total. The Bertz CT molecular complexity index is 1020. The zero-order chi connectivity index (χ0) is 21.0. The van der Waals surface area contributed by atoms with Gasteiger partial charge in [-0.3, -0.25) is 4.79 Å². The molecule has 0 fully saturated rings. The summed E-state index contributed by atoms with van der Waals surface area (Å²) in [5.74, 6) is 0.428. The van der Waals surface area contributed by atoms with Gasteiger partial charge in [-0.05, 0) is 61.0 Å². The Labute approximate surface area is 175 Å². The Morgan fingerprint density at radius 1 is 1.14 bits per heavy atom. The SMILES string of the molecule is Cc1cc(OC(F)F)ccc1NC(=O)c1ccc(COc2ccc(Cl)cc2Cl)o1. The predicted molar refractivity (Wildman–Crippen MR) is 105 cm³/mol. The van der Waals surface area contributed by atoms with Gasteiger partial charge in [0.2, 0.25) is 0 Å². The molecule has 0 aliphatic heterocycles. The van der Waals surface area contributed by atoms with Crippen LogP contribution in [0.3, 0.4) is 0 Å². The molecular formula is C20H15Cl2F2NO4. The maximum atomic E-state index is 12.4. The average molecular weight is 442 g/mol. The van der Waals surface area contributed by atoms with Crippen molar-refractivity contribution in [3.8, 4) is 11.5 Å². The Kier molecular flexibility index (Phi) is 6.61. The van der Waals surface area contributed by atoms with E-state index in [1.165, 1.54) is 24.3 Å². The van der Waals surface area contributed by atoms with Crippen LogP contribution in [0, 0.1) is 6.92 Å². The summed E-state index contributed by atoms with van der Waals surface area (Å²) in [5, 5.41) is 3.50. The van der Waals surface area contributed by atoms with Crippen LogP contribution in [0.5, 0.6) is 11.5 Å². The topological polar surface area (TPSA) is 60.7 Å². The molecule has 0 saturated carbocycles. The van der Waals surface area contributed by atoms with Crippen LogP contribution in [-0.4, -0.2) is 12.5 Å². The first kappa shape index (κ1) is 21.0. The van der Waals surface area contributed by atoms with Crippen molar-refractivity contribution in [1.82, 2.24) is 0 Å². The van der Waals surface area contributed by atoms with Crippen molar-refractivity contribution in [2.24, 2.45) is 0 Å². The molecule has 0 aliphatic rings. The largest absolute Gasteiger partial charge is 0.484 e. The Morgan fingerprint density at radius 2 is 1.93 bits per heavy atom. The second kappa shape index (κ2) is 9.15. The molecule has 0 saturated heterocycles. The van der Waals surface area contributed by atoms with Crippen molar-refractivity contribution < 1.29 is 27.5 Å². The normalized spacial score (nSPS) is 10.8. The zero-order valence-electron chi connectivity index (χ0n) is 15.0. The number of aryl methyl sites for hydroxylation is 1. The molecule has 0 bridgehead atoms. The van der Waals surface area contributed by atoms with Gasteiger partial charge in [-0.25, -0.2) is 0 Å². The Balaban J connectivity index is 1.62. The molecule has 0 atom stereocenters. The molecule has 3 rings (SSSR count). The zero-order valence-corrected chi connectivity index (χ0v) is 16.6. The van der Waals surface area contributed by atoms with Gasteiger partial charge in [0.1, 0.15) is 23.9 Å². The van der Waals surface area contributed by atoms with Gasteiger partial charge in [0.05, 0.1) is 5.02 Å². The number of halogens is 4. The Morgan fingerprint density at radius 3 is 2.62 bits per heavy atom. The summed E-state index contributed by atoms with van der Waals surface area (Å²) >= 11 is 11.9. The van der Waals surface area contributed by atoms with Gasteiger partial charge in [0, 0.05) is 10.7 Å². The molecule has 9 heteroatoms. The summed E-state index contributed by atoms with van der Waals surface area (Å²) in [6.45, 7) is -1.19. The van der Waals surface area contributed by atoms with Crippen LogP contribution in [0.25, 0.3) is 0 Å². The van der Waals surface area contributed by atoms with E-state index in [-0.39, 0.29) is 18.1 Å². The summed E-state index contributed by atoms with van der Waals surface area (Å²) in [6.07, 6.45) is 0. The number of anilines is 1. The van der Waals surface area contributed by atoms with Crippen LogP contribution in [-0.2, 0) is 6.61 Å². The van der Waals surface area contributed by atoms with Crippen LogP contribution < -0.4 is 14.8 Å². The molecule has 1 heterocycles. The molecule has 2 aromatic carbocycles. The number of carbonyl (C=O) groups excluding carboxylic acids is 1. The number of ether oxygens (including phenoxy) is 2. The highest BCUT2D eigenvalue weighted by molar-refractivity contribution is 6.35. The maximum absolute atomic E-state index is 12.4. The minimum atomic E-state index is -2.92. The summed E-state index contributed by atoms with van der Waals surface area (Å²) in [6, 6.07) is 12.1. The maximum Gasteiger partial charge on any atom is 0.387 e. The molecule has 0 spiro atoms. The quantitative estimate of drug-likeness (QED) is 0.465. The van der Waals surface area contributed by atoms with Crippen LogP contribution in [0.15, 0.2) is 52.9 Å². The highest BCUT2D eigenvalue weighted by atomic mass is 35.5. The second-order valence-electron chi connectivity index (χ2n) is 5.94. The van der Waals surface area contributed by atoms with E-state index < -0.39 is 12.5 Å². The van der Waals surface area contributed by atoms with E-state index in [2.05, 4.69) is 10.1 Å². The van der Waals surface area contributed by atoms with Crippen LogP contribution in [0.1, 0.15) is 21.9 Å². The van der Waals surface area contributed by atoms with Gasteiger partial charge in [-0.2, -0.15) is 8.78 Å². The van der Waals surface area contributed by atoms with Gasteiger partial charge >= 0.3 is 6.61 Å². The first-order chi connectivity index (χ1) is 13.8. The number of rotatable bonds is 7. The fourth-order valence-electron chi connectivity index (χ4n) is 2.46. The number of amides is 1. The van der Waals surface area contributed by atoms with Crippen LogP contribution in [0.2, 0.25) is 10.0 Å². The van der Waals surface area contributed by atoms with Crippen molar-refractivity contribution >= 4 is 34.8 Å². The van der Waals surface area contributed by atoms with Crippen molar-refractivity contribution in [2.75, 3.05) is 5.32 Å². The van der Waals surface area contributed by atoms with Gasteiger partial charge in [-0.15, -0.1) is 0 Å². The summed E-state index contributed by atoms with van der Waals surface area (Å²) in [7, 11) is 0. The lowest BCUT2D eigenvalue weighted by molar-refractivity contribution is -0.0498. The summed E-state index contributed by atoms with van der Waals surface area (Å²) in [4.78, 5) is 12.4. The van der Waals surface area contributed by atoms with Gasteiger partial charge in [0.25, 0.3) is 5.91 Å². The number of nitrogens with one attached hydrogen (secondary N) is 1. The first-order valence-corrected chi connectivity index (χ1v) is 9.11. The van der Waals surface area contributed by atoms with Crippen molar-refractivity contribution in [1.29, 1.82) is 0 Å². The van der Waals surface area contributed by atoms with Crippen LogP contribution in [0.4, 0.5) is 14.5 Å².